The summed E-state index contributed by atoms with van der Waals surface area (Å²) in [6.45, 7) is 5.51. The van der Waals surface area contributed by atoms with Crippen LogP contribution in [0.3, 0.4) is 0 Å². The minimum Gasteiger partial charge on any atom is -0.490 e. The van der Waals surface area contributed by atoms with Crippen molar-refractivity contribution in [3.8, 4) is 11.5 Å². The van der Waals surface area contributed by atoms with Crippen LogP contribution in [0.1, 0.15) is 55.5 Å². The number of halogens is 1. The standard InChI is InChI=1S/C23H27BrO3/c1-3-5-15-26-22-14-10-19(17-23(22)27-16-6-4-2)21(25)13-9-18-7-11-20(24)12-8-18/h7-14,17H,3-6,15-16H2,1-2H3/b13-9+. The third kappa shape index (κ3) is 7.22. The van der Waals surface area contributed by atoms with Crippen LogP contribution in [-0.4, -0.2) is 19.0 Å². The zero-order valence-electron chi connectivity index (χ0n) is 16.0. The predicted octanol–water partition coefficient (Wildman–Crippen LogP) is 6.70. The molecule has 0 fully saturated rings. The van der Waals surface area contributed by atoms with Gasteiger partial charge in [-0.25, -0.2) is 0 Å². The second-order valence-corrected chi connectivity index (χ2v) is 7.23. The molecule has 0 bridgehead atoms. The van der Waals surface area contributed by atoms with Crippen molar-refractivity contribution in [1.82, 2.24) is 0 Å². The van der Waals surface area contributed by atoms with Gasteiger partial charge in [0.25, 0.3) is 0 Å². The van der Waals surface area contributed by atoms with E-state index in [1.807, 2.05) is 36.4 Å². The number of ether oxygens (including phenoxy) is 2. The Bertz CT molecular complexity index is 751. The van der Waals surface area contributed by atoms with Crippen molar-refractivity contribution in [3.05, 3.63) is 64.1 Å². The van der Waals surface area contributed by atoms with Crippen LogP contribution >= 0.6 is 15.9 Å². The van der Waals surface area contributed by atoms with Gasteiger partial charge in [0.1, 0.15) is 0 Å². The maximum atomic E-state index is 12.5. The summed E-state index contributed by atoms with van der Waals surface area (Å²) in [4.78, 5) is 12.5. The summed E-state index contributed by atoms with van der Waals surface area (Å²) in [5, 5.41) is 0. The first kappa shape index (κ1) is 21.2. The molecule has 0 aromatic heterocycles. The monoisotopic (exact) mass is 430 g/mol. The van der Waals surface area contributed by atoms with Crippen LogP contribution in [0.15, 0.2) is 53.0 Å². The summed E-state index contributed by atoms with van der Waals surface area (Å²) < 4.78 is 12.7. The Morgan fingerprint density at radius 3 is 2.19 bits per heavy atom. The highest BCUT2D eigenvalue weighted by atomic mass is 79.9. The first-order valence-electron chi connectivity index (χ1n) is 9.51. The number of rotatable bonds is 11. The van der Waals surface area contributed by atoms with Crippen LogP contribution in [0.5, 0.6) is 11.5 Å². The molecule has 0 saturated carbocycles. The van der Waals surface area contributed by atoms with Crippen LogP contribution in [0.4, 0.5) is 0 Å². The molecule has 0 aliphatic carbocycles. The first-order valence-corrected chi connectivity index (χ1v) is 10.3. The van der Waals surface area contributed by atoms with Crippen LogP contribution in [-0.2, 0) is 0 Å². The van der Waals surface area contributed by atoms with Crippen LogP contribution in [0.25, 0.3) is 6.08 Å². The molecule has 0 radical (unpaired) electrons. The van der Waals surface area contributed by atoms with Gasteiger partial charge >= 0.3 is 0 Å². The van der Waals surface area contributed by atoms with E-state index in [9.17, 15) is 4.79 Å². The van der Waals surface area contributed by atoms with E-state index in [2.05, 4.69) is 29.8 Å². The number of carbonyl (C=O) groups excluding carboxylic acids is 1. The highest BCUT2D eigenvalue weighted by Gasteiger charge is 2.10. The molecule has 0 aliphatic rings. The molecular weight excluding hydrogens is 404 g/mol. The maximum Gasteiger partial charge on any atom is 0.185 e. The Morgan fingerprint density at radius 1 is 0.926 bits per heavy atom. The van der Waals surface area contributed by atoms with Gasteiger partial charge in [-0.2, -0.15) is 0 Å². The molecule has 0 atom stereocenters. The molecule has 0 spiro atoms. The minimum atomic E-state index is -0.0571. The van der Waals surface area contributed by atoms with E-state index in [1.165, 1.54) is 0 Å². The van der Waals surface area contributed by atoms with Crippen molar-refractivity contribution in [2.24, 2.45) is 0 Å². The number of ketones is 1. The Hall–Kier alpha value is -2.07. The van der Waals surface area contributed by atoms with Gasteiger partial charge in [0.05, 0.1) is 13.2 Å². The molecular formula is C23H27BrO3. The van der Waals surface area contributed by atoms with Gasteiger partial charge < -0.3 is 9.47 Å². The van der Waals surface area contributed by atoms with E-state index < -0.39 is 0 Å². The molecule has 0 heterocycles. The van der Waals surface area contributed by atoms with Gasteiger partial charge in [-0.05, 0) is 54.8 Å². The van der Waals surface area contributed by atoms with Crippen molar-refractivity contribution in [3.63, 3.8) is 0 Å². The number of hydrogen-bond acceptors (Lipinski definition) is 3. The lowest BCUT2D eigenvalue weighted by Gasteiger charge is -2.13. The van der Waals surface area contributed by atoms with Gasteiger partial charge in [-0.1, -0.05) is 60.8 Å². The Kier molecular flexibility index (Phi) is 9.12. The molecule has 0 amide bonds. The number of benzene rings is 2. The van der Waals surface area contributed by atoms with Crippen molar-refractivity contribution < 1.29 is 14.3 Å². The van der Waals surface area contributed by atoms with Crippen molar-refractivity contribution >= 4 is 27.8 Å². The number of allylic oxidation sites excluding steroid dienone is 1. The quantitative estimate of drug-likeness (QED) is 0.226. The molecule has 2 aromatic carbocycles. The summed E-state index contributed by atoms with van der Waals surface area (Å²) in [5.41, 5.74) is 1.57. The third-order valence-electron chi connectivity index (χ3n) is 4.04. The van der Waals surface area contributed by atoms with Crippen molar-refractivity contribution in [1.29, 1.82) is 0 Å². The molecule has 4 heteroatoms. The average molecular weight is 431 g/mol. The number of unbranched alkanes of at least 4 members (excludes halogenated alkanes) is 2. The van der Waals surface area contributed by atoms with Gasteiger partial charge in [-0.3, -0.25) is 4.79 Å². The van der Waals surface area contributed by atoms with Gasteiger partial charge in [0, 0.05) is 10.0 Å². The summed E-state index contributed by atoms with van der Waals surface area (Å²) in [6.07, 6.45) is 7.50. The zero-order valence-corrected chi connectivity index (χ0v) is 17.6. The third-order valence-corrected chi connectivity index (χ3v) is 4.56. The fraction of sp³-hybridized carbons (Fsp3) is 0.348. The molecule has 144 valence electrons. The zero-order chi connectivity index (χ0) is 19.5. The summed E-state index contributed by atoms with van der Waals surface area (Å²) >= 11 is 3.41. The molecule has 2 aromatic rings. The fourth-order valence-electron chi connectivity index (χ4n) is 2.39. The van der Waals surface area contributed by atoms with Crippen LogP contribution in [0, 0.1) is 0 Å². The Balaban J connectivity index is 2.13. The van der Waals surface area contributed by atoms with Crippen LogP contribution < -0.4 is 9.47 Å². The minimum absolute atomic E-state index is 0.0571. The van der Waals surface area contributed by atoms with Crippen LogP contribution in [0.2, 0.25) is 0 Å². The lowest BCUT2D eigenvalue weighted by molar-refractivity contribution is 0.104. The molecule has 3 nitrogen and oxygen atoms in total. The molecule has 0 aliphatic heterocycles. The second-order valence-electron chi connectivity index (χ2n) is 6.31. The van der Waals surface area contributed by atoms with E-state index in [-0.39, 0.29) is 5.78 Å². The topological polar surface area (TPSA) is 35.5 Å². The Labute approximate surface area is 170 Å². The number of hydrogen-bond donors (Lipinski definition) is 0. The summed E-state index contributed by atoms with van der Waals surface area (Å²) in [6, 6.07) is 13.2. The SMILES string of the molecule is CCCCOc1ccc(C(=O)/C=C/c2ccc(Br)cc2)cc1OCCCC. The van der Waals surface area contributed by atoms with Gasteiger partial charge in [-0.15, -0.1) is 0 Å². The van der Waals surface area contributed by atoms with E-state index in [1.54, 1.807) is 18.2 Å². The van der Waals surface area contributed by atoms with Crippen molar-refractivity contribution in [2.45, 2.75) is 39.5 Å². The van der Waals surface area contributed by atoms with Gasteiger partial charge in [0.15, 0.2) is 17.3 Å². The maximum absolute atomic E-state index is 12.5. The average Bonchev–Trinajstić information content (AvgIpc) is 2.68. The highest BCUT2D eigenvalue weighted by molar-refractivity contribution is 9.10. The van der Waals surface area contributed by atoms with Gasteiger partial charge in [0.2, 0.25) is 0 Å². The first-order chi connectivity index (χ1) is 13.1. The summed E-state index contributed by atoms with van der Waals surface area (Å²) in [7, 11) is 0. The largest absolute Gasteiger partial charge is 0.490 e. The predicted molar refractivity (Wildman–Crippen MR) is 115 cm³/mol. The van der Waals surface area contributed by atoms with E-state index >= 15 is 0 Å². The molecule has 2 rings (SSSR count). The molecule has 0 N–H and O–H groups in total. The molecule has 27 heavy (non-hydrogen) atoms. The molecule has 0 unspecified atom stereocenters. The second kappa shape index (κ2) is 11.6. The number of carbonyl (C=O) groups is 1. The fourth-order valence-corrected chi connectivity index (χ4v) is 2.65. The van der Waals surface area contributed by atoms with E-state index in [4.69, 9.17) is 9.47 Å². The lowest BCUT2D eigenvalue weighted by atomic mass is 10.1. The summed E-state index contributed by atoms with van der Waals surface area (Å²) in [5.74, 6) is 1.29. The smallest absolute Gasteiger partial charge is 0.185 e. The lowest BCUT2D eigenvalue weighted by Crippen LogP contribution is -2.04. The van der Waals surface area contributed by atoms with E-state index in [0.29, 0.717) is 30.3 Å². The van der Waals surface area contributed by atoms with E-state index in [0.717, 1.165) is 35.7 Å². The highest BCUT2D eigenvalue weighted by Crippen LogP contribution is 2.29. The molecule has 0 saturated heterocycles. The Morgan fingerprint density at radius 2 is 1.56 bits per heavy atom. The normalized spacial score (nSPS) is 10.9. The van der Waals surface area contributed by atoms with Crippen molar-refractivity contribution in [2.75, 3.05) is 13.2 Å².